The molecule has 0 bridgehead atoms. The first-order chi connectivity index (χ1) is 26.1. The lowest BCUT2D eigenvalue weighted by Crippen LogP contribution is -2.44. The van der Waals surface area contributed by atoms with Crippen molar-refractivity contribution in [1.29, 1.82) is 0 Å². The third-order valence-electron chi connectivity index (χ3n) is 8.20. The van der Waals surface area contributed by atoms with Gasteiger partial charge in [0.25, 0.3) is 11.8 Å². The molecule has 5 aromatic heterocycles. The molecule has 2 aliphatic heterocycles. The summed E-state index contributed by atoms with van der Waals surface area (Å²) in [5, 5.41) is 10.6. The molecule has 0 spiro atoms. The van der Waals surface area contributed by atoms with E-state index >= 15 is 0 Å². The van der Waals surface area contributed by atoms with Crippen LogP contribution in [0.3, 0.4) is 0 Å². The lowest BCUT2D eigenvalue weighted by Gasteiger charge is -2.29. The van der Waals surface area contributed by atoms with Gasteiger partial charge >= 0.3 is 0 Å². The van der Waals surface area contributed by atoms with Gasteiger partial charge in [0.15, 0.2) is 23.3 Å². The highest BCUT2D eigenvalue weighted by molar-refractivity contribution is 7.09. The van der Waals surface area contributed by atoms with Crippen molar-refractivity contribution in [3.8, 4) is 23.3 Å². The molecule has 1 aromatic carbocycles. The van der Waals surface area contributed by atoms with Crippen LogP contribution < -0.4 is 39.4 Å². The van der Waals surface area contributed by atoms with Crippen LogP contribution in [-0.2, 0) is 0 Å². The number of pyridine rings is 2. The second-order valence-electron chi connectivity index (χ2n) is 11.8. The van der Waals surface area contributed by atoms with Crippen LogP contribution in [0, 0.1) is 11.6 Å². The molecule has 0 radical (unpaired) electrons. The van der Waals surface area contributed by atoms with E-state index in [4.69, 9.17) is 23.9 Å². The summed E-state index contributed by atoms with van der Waals surface area (Å²) >= 11 is 1.60. The number of halogens is 2. The van der Waals surface area contributed by atoms with Gasteiger partial charge in [0.05, 0.1) is 23.4 Å². The number of benzene rings is 1. The van der Waals surface area contributed by atoms with Gasteiger partial charge in [-0.1, -0.05) is 0 Å². The molecule has 2 saturated heterocycles. The summed E-state index contributed by atoms with van der Waals surface area (Å²) in [6.07, 6.45) is 6.67. The molecule has 0 amide bonds. The molecule has 7 heterocycles. The first-order valence-corrected chi connectivity index (χ1v) is 18.2. The van der Waals surface area contributed by atoms with Gasteiger partial charge in [-0.2, -0.15) is 0 Å². The minimum atomic E-state index is -0.970. The molecular formula is C36H38F2N10O4S. The van der Waals surface area contributed by atoms with Crippen molar-refractivity contribution in [3.05, 3.63) is 83.6 Å². The van der Waals surface area contributed by atoms with Crippen molar-refractivity contribution < 1.29 is 27.7 Å². The largest absolute Gasteiger partial charge is 0.488 e. The Balaban J connectivity index is 0.000000165. The highest BCUT2D eigenvalue weighted by Gasteiger charge is 2.21. The van der Waals surface area contributed by atoms with Crippen LogP contribution in [0.4, 0.5) is 20.4 Å². The van der Waals surface area contributed by atoms with Crippen LogP contribution in [0.1, 0.15) is 0 Å². The maximum Gasteiger partial charge on any atom is 0.258 e. The Labute approximate surface area is 308 Å². The van der Waals surface area contributed by atoms with Crippen molar-refractivity contribution in [1.82, 2.24) is 40.5 Å². The molecule has 0 unspecified atom stereocenters. The number of ether oxygens (including phenoxy) is 4. The predicted molar refractivity (Wildman–Crippen MR) is 197 cm³/mol. The number of piperazine rings is 2. The molecule has 0 aliphatic carbocycles. The Morgan fingerprint density at radius 2 is 1.02 bits per heavy atom. The molecule has 0 saturated carbocycles. The van der Waals surface area contributed by atoms with E-state index in [1.807, 2.05) is 27.8 Å². The fraction of sp³-hybridized carbons (Fsp3) is 0.333. The van der Waals surface area contributed by atoms with Gasteiger partial charge in [0, 0.05) is 87.6 Å². The molecule has 2 N–H and O–H groups in total. The van der Waals surface area contributed by atoms with Crippen LogP contribution in [0.5, 0.6) is 23.3 Å². The summed E-state index contributed by atoms with van der Waals surface area (Å²) in [6.45, 7) is 8.01. The lowest BCUT2D eigenvalue weighted by atomic mass is 10.2. The van der Waals surface area contributed by atoms with E-state index in [1.165, 1.54) is 0 Å². The number of anilines is 2. The highest BCUT2D eigenvalue weighted by atomic mass is 32.1. The minimum Gasteiger partial charge on any atom is -0.488 e. The van der Waals surface area contributed by atoms with Crippen molar-refractivity contribution in [2.75, 3.05) is 88.6 Å². The standard InChI is InChI=1S/C19H19F2N5O2.C17H19N5O2S/c20-14-10-16-17(11-15(14)21)25-19(18(24-16)26-6-4-22-5-7-26)28-9-8-27-13-2-1-3-23-12-13;1-2-13(10-19-3-1)23-8-9-24-17-16(22-6-4-18-5-7-22)20-14-11-25-12-15(14)21-17/h1-3,10-12,22H,4-9H2;1-3,10-12,18H,4-9H2. The van der Waals surface area contributed by atoms with Crippen LogP contribution in [0.25, 0.3) is 22.1 Å². The second-order valence-corrected chi connectivity index (χ2v) is 12.6. The molecule has 2 aliphatic rings. The zero-order valence-electron chi connectivity index (χ0n) is 28.8. The molecule has 6 aromatic rings. The highest BCUT2D eigenvalue weighted by Crippen LogP contribution is 2.30. The quantitative estimate of drug-likeness (QED) is 0.173. The summed E-state index contributed by atoms with van der Waals surface area (Å²) in [7, 11) is 0. The van der Waals surface area contributed by atoms with Crippen molar-refractivity contribution in [3.63, 3.8) is 0 Å². The van der Waals surface area contributed by atoms with E-state index in [2.05, 4.69) is 40.5 Å². The number of thiophene rings is 1. The van der Waals surface area contributed by atoms with Crippen molar-refractivity contribution >= 4 is 45.0 Å². The third kappa shape index (κ3) is 9.48. The Morgan fingerprint density at radius 1 is 0.585 bits per heavy atom. The van der Waals surface area contributed by atoms with E-state index in [1.54, 1.807) is 48.3 Å². The zero-order chi connectivity index (χ0) is 36.2. The van der Waals surface area contributed by atoms with E-state index in [9.17, 15) is 8.78 Å². The van der Waals surface area contributed by atoms with Crippen LogP contribution in [0.15, 0.2) is 71.9 Å². The van der Waals surface area contributed by atoms with Crippen LogP contribution in [0.2, 0.25) is 0 Å². The first-order valence-electron chi connectivity index (χ1n) is 17.2. The smallest absolute Gasteiger partial charge is 0.258 e. The summed E-state index contributed by atoms with van der Waals surface area (Å²) in [5.74, 6) is 1.62. The number of hydrogen-bond donors (Lipinski definition) is 2. The monoisotopic (exact) mass is 744 g/mol. The van der Waals surface area contributed by atoms with Crippen LogP contribution in [-0.4, -0.2) is 109 Å². The number of nitrogens with zero attached hydrogens (tertiary/aromatic N) is 8. The van der Waals surface area contributed by atoms with Gasteiger partial charge in [-0.25, -0.2) is 28.7 Å². The summed E-state index contributed by atoms with van der Waals surface area (Å²) in [5.41, 5.74) is 2.30. The number of hydrogen-bond acceptors (Lipinski definition) is 15. The number of aromatic nitrogens is 6. The average molecular weight is 745 g/mol. The summed E-state index contributed by atoms with van der Waals surface area (Å²) in [6, 6.07) is 9.37. The predicted octanol–water partition coefficient (Wildman–Crippen LogP) is 4.12. The van der Waals surface area contributed by atoms with Crippen LogP contribution >= 0.6 is 11.3 Å². The Bertz CT molecular complexity index is 2070. The van der Waals surface area contributed by atoms with Gasteiger partial charge in [-0.05, 0) is 24.3 Å². The van der Waals surface area contributed by atoms with Gasteiger partial charge in [0.2, 0.25) is 0 Å². The topological polar surface area (TPSA) is 145 Å². The molecule has 276 valence electrons. The maximum atomic E-state index is 13.6. The molecule has 53 heavy (non-hydrogen) atoms. The molecule has 14 nitrogen and oxygen atoms in total. The minimum absolute atomic E-state index is 0.220. The average Bonchev–Trinajstić information content (AvgIpc) is 3.67. The fourth-order valence-corrected chi connectivity index (χ4v) is 6.29. The molecule has 17 heteroatoms. The maximum absolute atomic E-state index is 13.6. The summed E-state index contributed by atoms with van der Waals surface area (Å²) < 4.78 is 50.1. The summed E-state index contributed by atoms with van der Waals surface area (Å²) in [4.78, 5) is 30.5. The van der Waals surface area contributed by atoms with Crippen molar-refractivity contribution in [2.45, 2.75) is 0 Å². The van der Waals surface area contributed by atoms with Gasteiger partial charge in [0.1, 0.15) is 49.0 Å². The fourth-order valence-electron chi connectivity index (χ4n) is 5.62. The number of rotatable bonds is 12. The van der Waals surface area contributed by atoms with E-state index in [0.29, 0.717) is 43.8 Å². The zero-order valence-corrected chi connectivity index (χ0v) is 29.6. The second kappa shape index (κ2) is 17.8. The number of fused-ring (bicyclic) bond motifs is 2. The normalized spacial score (nSPS) is 14.5. The Kier molecular flexibility index (Phi) is 12.0. The first kappa shape index (κ1) is 35.9. The van der Waals surface area contributed by atoms with E-state index in [-0.39, 0.29) is 30.1 Å². The lowest BCUT2D eigenvalue weighted by molar-refractivity contribution is 0.211. The Hall–Kier alpha value is -5.52. The van der Waals surface area contributed by atoms with Gasteiger partial charge < -0.3 is 39.4 Å². The molecule has 2 fully saturated rings. The van der Waals surface area contributed by atoms with E-state index in [0.717, 1.165) is 74.0 Å². The Morgan fingerprint density at radius 3 is 1.51 bits per heavy atom. The van der Waals surface area contributed by atoms with Crippen molar-refractivity contribution in [2.24, 2.45) is 0 Å². The third-order valence-corrected chi connectivity index (χ3v) is 8.92. The van der Waals surface area contributed by atoms with E-state index < -0.39 is 11.6 Å². The molecule has 8 rings (SSSR count). The van der Waals surface area contributed by atoms with Gasteiger partial charge in [-0.3, -0.25) is 9.97 Å². The molecular weight excluding hydrogens is 707 g/mol. The SMILES string of the molecule is Fc1cc2nc(OCCOc3cccnc3)c(N3CCNCC3)nc2cc1F.c1cncc(OCCOc2nc3cscc3nc2N2CCNCC2)c1. The number of nitrogens with one attached hydrogen (secondary N) is 2. The van der Waals surface area contributed by atoms with Gasteiger partial charge in [-0.15, -0.1) is 11.3 Å². The molecule has 0 atom stereocenters.